The Morgan fingerprint density at radius 2 is 1.53 bits per heavy atom. The lowest BCUT2D eigenvalue weighted by Gasteiger charge is -2.26. The molecule has 1 heterocycles. The van der Waals surface area contributed by atoms with Crippen molar-refractivity contribution in [1.82, 2.24) is 0 Å². The summed E-state index contributed by atoms with van der Waals surface area (Å²) in [5.41, 5.74) is 5.71. The maximum atomic E-state index is 13.4. The average molecular weight is 504 g/mol. The number of rotatable bonds is 6. The number of carbonyl (C=O) groups is 2. The summed E-state index contributed by atoms with van der Waals surface area (Å²) in [6.45, 7) is 6.20. The number of hydrogen-bond acceptors (Lipinski definition) is 4. The van der Waals surface area contributed by atoms with E-state index in [0.717, 1.165) is 27.8 Å². The van der Waals surface area contributed by atoms with Gasteiger partial charge in [-0.05, 0) is 73.4 Å². The van der Waals surface area contributed by atoms with E-state index in [-0.39, 0.29) is 11.3 Å². The topological polar surface area (TPSA) is 66.8 Å². The van der Waals surface area contributed by atoms with Gasteiger partial charge in [-0.3, -0.25) is 14.5 Å². The molecule has 1 atom stereocenters. The van der Waals surface area contributed by atoms with Crippen LogP contribution in [0.4, 0.5) is 5.69 Å². The van der Waals surface area contributed by atoms with Crippen molar-refractivity contribution in [2.24, 2.45) is 0 Å². The summed E-state index contributed by atoms with van der Waals surface area (Å²) in [5.74, 6) is -0.899. The zero-order valence-electron chi connectivity index (χ0n) is 21.6. The summed E-state index contributed by atoms with van der Waals surface area (Å²) in [6.07, 6.45) is 0. The van der Waals surface area contributed by atoms with Crippen molar-refractivity contribution in [3.63, 3.8) is 0 Å². The van der Waals surface area contributed by atoms with E-state index in [1.807, 2.05) is 99.6 Å². The number of carbonyl (C=O) groups excluding carboxylic acids is 2. The molecule has 4 aromatic rings. The number of aryl methyl sites for hydroxylation is 3. The Labute approximate surface area is 222 Å². The molecule has 38 heavy (non-hydrogen) atoms. The fourth-order valence-corrected chi connectivity index (χ4v) is 4.88. The van der Waals surface area contributed by atoms with Gasteiger partial charge < -0.3 is 9.84 Å². The van der Waals surface area contributed by atoms with Crippen LogP contribution in [0, 0.1) is 20.8 Å². The molecule has 1 saturated heterocycles. The zero-order chi connectivity index (χ0) is 26.8. The van der Waals surface area contributed by atoms with Crippen molar-refractivity contribution >= 4 is 23.1 Å². The molecule has 0 aliphatic carbocycles. The summed E-state index contributed by atoms with van der Waals surface area (Å²) in [5, 5.41) is 11.5. The Hall–Kier alpha value is -4.64. The van der Waals surface area contributed by atoms with E-state index >= 15 is 0 Å². The number of amides is 1. The van der Waals surface area contributed by atoms with Crippen LogP contribution in [0.25, 0.3) is 5.76 Å². The minimum Gasteiger partial charge on any atom is -0.507 e. The number of hydrogen-bond donors (Lipinski definition) is 1. The van der Waals surface area contributed by atoms with Crippen molar-refractivity contribution in [1.29, 1.82) is 0 Å². The largest absolute Gasteiger partial charge is 0.507 e. The first-order chi connectivity index (χ1) is 18.3. The molecular formula is C33H29NO4. The van der Waals surface area contributed by atoms with Gasteiger partial charge in [-0.15, -0.1) is 0 Å². The third-order valence-corrected chi connectivity index (χ3v) is 6.77. The molecule has 1 amide bonds. The number of ketones is 1. The first-order valence-electron chi connectivity index (χ1n) is 12.6. The van der Waals surface area contributed by atoms with Crippen LogP contribution in [-0.2, 0) is 16.2 Å². The van der Waals surface area contributed by atoms with Crippen LogP contribution >= 0.6 is 0 Å². The van der Waals surface area contributed by atoms with Gasteiger partial charge in [0.1, 0.15) is 18.1 Å². The van der Waals surface area contributed by atoms with Gasteiger partial charge in [-0.2, -0.15) is 0 Å². The second kappa shape index (κ2) is 10.4. The highest BCUT2D eigenvalue weighted by Crippen LogP contribution is 2.42. The van der Waals surface area contributed by atoms with Crippen LogP contribution < -0.4 is 9.64 Å². The highest BCUT2D eigenvalue weighted by molar-refractivity contribution is 6.51. The SMILES string of the molecule is Cc1cccc(C2/C(=C(/O)c3ccc(OCc4ccccc4)c(C)c3)C(=O)C(=O)N2c2cccc(C)c2)c1. The normalized spacial score (nSPS) is 16.6. The van der Waals surface area contributed by atoms with Crippen molar-refractivity contribution in [3.05, 3.63) is 136 Å². The smallest absolute Gasteiger partial charge is 0.300 e. The molecule has 5 nitrogen and oxygen atoms in total. The van der Waals surface area contributed by atoms with E-state index in [2.05, 4.69) is 0 Å². The number of Topliss-reactive ketones (excluding diaryl/α,β-unsaturated/α-hetero) is 1. The van der Waals surface area contributed by atoms with Gasteiger partial charge in [-0.25, -0.2) is 0 Å². The molecule has 1 aliphatic rings. The lowest BCUT2D eigenvalue weighted by atomic mass is 9.93. The Morgan fingerprint density at radius 1 is 0.816 bits per heavy atom. The van der Waals surface area contributed by atoms with Crippen LogP contribution in [0.2, 0.25) is 0 Å². The van der Waals surface area contributed by atoms with Gasteiger partial charge >= 0.3 is 0 Å². The summed E-state index contributed by atoms with van der Waals surface area (Å²) < 4.78 is 5.98. The van der Waals surface area contributed by atoms with Crippen molar-refractivity contribution in [3.8, 4) is 5.75 Å². The molecule has 0 aromatic heterocycles. The molecule has 0 saturated carbocycles. The van der Waals surface area contributed by atoms with E-state index in [0.29, 0.717) is 23.6 Å². The molecule has 1 N–H and O–H groups in total. The maximum Gasteiger partial charge on any atom is 0.300 e. The molecule has 1 unspecified atom stereocenters. The Bertz CT molecular complexity index is 1550. The quantitative estimate of drug-likeness (QED) is 0.178. The minimum atomic E-state index is -0.758. The predicted molar refractivity (Wildman–Crippen MR) is 149 cm³/mol. The van der Waals surface area contributed by atoms with Crippen LogP contribution in [0.1, 0.15) is 39.4 Å². The number of nitrogens with zero attached hydrogens (tertiary/aromatic N) is 1. The number of anilines is 1. The number of benzene rings is 4. The number of ether oxygens (including phenoxy) is 1. The fourth-order valence-electron chi connectivity index (χ4n) is 4.88. The van der Waals surface area contributed by atoms with Crippen LogP contribution in [0.15, 0.2) is 103 Å². The third-order valence-electron chi connectivity index (χ3n) is 6.77. The van der Waals surface area contributed by atoms with Gasteiger partial charge in [0.25, 0.3) is 11.7 Å². The van der Waals surface area contributed by atoms with Gasteiger partial charge in [0.2, 0.25) is 0 Å². The summed E-state index contributed by atoms with van der Waals surface area (Å²) >= 11 is 0. The number of aliphatic hydroxyl groups excluding tert-OH is 1. The van der Waals surface area contributed by atoms with Crippen molar-refractivity contribution < 1.29 is 19.4 Å². The molecule has 0 spiro atoms. The monoisotopic (exact) mass is 503 g/mol. The molecule has 0 bridgehead atoms. The van der Waals surface area contributed by atoms with E-state index in [1.54, 1.807) is 18.2 Å². The second-order valence-electron chi connectivity index (χ2n) is 9.68. The maximum absolute atomic E-state index is 13.4. The van der Waals surface area contributed by atoms with Gasteiger partial charge in [0.15, 0.2) is 0 Å². The summed E-state index contributed by atoms with van der Waals surface area (Å²) in [6, 6.07) is 29.5. The van der Waals surface area contributed by atoms with E-state index in [1.165, 1.54) is 4.90 Å². The summed E-state index contributed by atoms with van der Waals surface area (Å²) in [7, 11) is 0. The van der Waals surface area contributed by atoms with E-state index in [9.17, 15) is 14.7 Å². The van der Waals surface area contributed by atoms with Gasteiger partial charge in [-0.1, -0.05) is 72.3 Å². The molecule has 5 rings (SSSR count). The third kappa shape index (κ3) is 4.83. The lowest BCUT2D eigenvalue weighted by Crippen LogP contribution is -2.29. The lowest BCUT2D eigenvalue weighted by molar-refractivity contribution is -0.132. The first-order valence-corrected chi connectivity index (χ1v) is 12.6. The fraction of sp³-hybridized carbons (Fsp3) is 0.152. The molecule has 5 heteroatoms. The molecule has 1 fully saturated rings. The van der Waals surface area contributed by atoms with Crippen LogP contribution in [-0.4, -0.2) is 16.8 Å². The predicted octanol–water partition coefficient (Wildman–Crippen LogP) is 6.82. The van der Waals surface area contributed by atoms with E-state index in [4.69, 9.17) is 4.74 Å². The molecule has 1 aliphatic heterocycles. The van der Waals surface area contributed by atoms with Crippen LogP contribution in [0.5, 0.6) is 5.75 Å². The van der Waals surface area contributed by atoms with Crippen molar-refractivity contribution in [2.75, 3.05) is 4.90 Å². The second-order valence-corrected chi connectivity index (χ2v) is 9.68. The Kier molecular flexibility index (Phi) is 6.84. The highest BCUT2D eigenvalue weighted by Gasteiger charge is 2.47. The highest BCUT2D eigenvalue weighted by atomic mass is 16.5. The standard InChI is InChI=1S/C33H29NO4/c1-21-9-7-13-25(17-21)30-29(32(36)33(37)34(30)27-14-8-10-22(2)18-27)31(35)26-15-16-28(23(3)19-26)38-20-24-11-5-4-6-12-24/h4-19,30,35H,20H2,1-3H3/b31-29-. The van der Waals surface area contributed by atoms with Gasteiger partial charge in [0, 0.05) is 11.3 Å². The number of aliphatic hydroxyl groups is 1. The molecule has 190 valence electrons. The first kappa shape index (κ1) is 25.0. The molecular weight excluding hydrogens is 474 g/mol. The summed E-state index contributed by atoms with van der Waals surface area (Å²) in [4.78, 5) is 28.3. The van der Waals surface area contributed by atoms with E-state index < -0.39 is 17.7 Å². The van der Waals surface area contributed by atoms with Crippen LogP contribution in [0.3, 0.4) is 0 Å². The van der Waals surface area contributed by atoms with Gasteiger partial charge in [0.05, 0.1) is 11.6 Å². The average Bonchev–Trinajstić information content (AvgIpc) is 3.18. The Morgan fingerprint density at radius 3 is 2.21 bits per heavy atom. The molecule has 0 radical (unpaired) electrons. The molecule has 4 aromatic carbocycles. The minimum absolute atomic E-state index is 0.0689. The Balaban J connectivity index is 1.57. The van der Waals surface area contributed by atoms with Crippen molar-refractivity contribution in [2.45, 2.75) is 33.4 Å². The zero-order valence-corrected chi connectivity index (χ0v) is 21.6.